The number of ether oxygens (including phenoxy) is 1. The average Bonchev–Trinajstić information content (AvgIpc) is 3.32. The number of nitrogens with zero attached hydrogens (tertiary/aromatic N) is 1. The lowest BCUT2D eigenvalue weighted by Gasteiger charge is -2.29. The normalized spacial score (nSPS) is 13.1. The first-order chi connectivity index (χ1) is 15.0. The van der Waals surface area contributed by atoms with Crippen molar-refractivity contribution in [2.45, 2.75) is 32.7 Å². The molecule has 0 saturated heterocycles. The molecule has 0 radical (unpaired) electrons. The second kappa shape index (κ2) is 9.35. The summed E-state index contributed by atoms with van der Waals surface area (Å²) in [5.74, 6) is 0.979. The first-order valence-electron chi connectivity index (χ1n) is 10.5. The first-order valence-corrected chi connectivity index (χ1v) is 11.3. The van der Waals surface area contributed by atoms with E-state index in [4.69, 9.17) is 4.74 Å². The fraction of sp³-hybridized carbons (Fsp3) is 0.280. The number of rotatable bonds is 6. The fourth-order valence-electron chi connectivity index (χ4n) is 3.66. The van der Waals surface area contributed by atoms with Gasteiger partial charge >= 0.3 is 0 Å². The molecule has 0 saturated carbocycles. The zero-order chi connectivity index (χ0) is 21.8. The Hall–Kier alpha value is -3.12. The molecule has 0 fully saturated rings. The van der Waals surface area contributed by atoms with Crippen molar-refractivity contribution in [1.29, 1.82) is 0 Å². The van der Waals surface area contributed by atoms with Crippen LogP contribution in [-0.2, 0) is 17.8 Å². The summed E-state index contributed by atoms with van der Waals surface area (Å²) < 4.78 is 5.61. The second-order valence-electron chi connectivity index (χ2n) is 8.00. The average molecular weight is 435 g/mol. The van der Waals surface area contributed by atoms with Crippen LogP contribution in [0.1, 0.15) is 46.1 Å². The monoisotopic (exact) mass is 434 g/mol. The molecule has 1 aromatic heterocycles. The van der Waals surface area contributed by atoms with E-state index in [1.807, 2.05) is 64.9 Å². The highest BCUT2D eigenvalue weighted by molar-refractivity contribution is 7.12. The predicted molar refractivity (Wildman–Crippen MR) is 124 cm³/mol. The minimum atomic E-state index is -0.213. The number of thiophene rings is 1. The molecule has 31 heavy (non-hydrogen) atoms. The van der Waals surface area contributed by atoms with E-state index in [0.717, 1.165) is 16.9 Å². The Balaban J connectivity index is 1.35. The van der Waals surface area contributed by atoms with Crippen molar-refractivity contribution < 1.29 is 14.3 Å². The SMILES string of the molecule is CC(C)c1ccc(OCC(=O)Nc2ccc3c(c2)CN(C(=O)c2cccs2)CC3)cc1. The van der Waals surface area contributed by atoms with Crippen LogP contribution in [0.3, 0.4) is 0 Å². The number of fused-ring (bicyclic) bond motifs is 1. The van der Waals surface area contributed by atoms with Crippen LogP contribution in [0.25, 0.3) is 0 Å². The zero-order valence-electron chi connectivity index (χ0n) is 17.8. The zero-order valence-corrected chi connectivity index (χ0v) is 18.6. The Kier molecular flexibility index (Phi) is 6.37. The summed E-state index contributed by atoms with van der Waals surface area (Å²) in [6.07, 6.45) is 0.816. The third-order valence-corrected chi connectivity index (χ3v) is 6.30. The molecule has 4 rings (SSSR count). The minimum Gasteiger partial charge on any atom is -0.484 e. The van der Waals surface area contributed by atoms with Crippen molar-refractivity contribution >= 4 is 28.8 Å². The number of anilines is 1. The molecule has 0 spiro atoms. The van der Waals surface area contributed by atoms with Gasteiger partial charge in [0.15, 0.2) is 6.61 Å². The maximum absolute atomic E-state index is 12.7. The highest BCUT2D eigenvalue weighted by Gasteiger charge is 2.22. The largest absolute Gasteiger partial charge is 0.484 e. The molecule has 0 atom stereocenters. The van der Waals surface area contributed by atoms with E-state index in [1.165, 1.54) is 22.5 Å². The molecule has 1 aliphatic rings. The number of carbonyl (C=O) groups is 2. The van der Waals surface area contributed by atoms with Crippen LogP contribution in [0.2, 0.25) is 0 Å². The second-order valence-corrected chi connectivity index (χ2v) is 8.95. The van der Waals surface area contributed by atoms with Gasteiger partial charge < -0.3 is 15.0 Å². The number of carbonyl (C=O) groups excluding carboxylic acids is 2. The lowest BCUT2D eigenvalue weighted by Crippen LogP contribution is -2.35. The maximum Gasteiger partial charge on any atom is 0.264 e. The smallest absolute Gasteiger partial charge is 0.264 e. The summed E-state index contributed by atoms with van der Waals surface area (Å²) in [5, 5.41) is 4.81. The molecule has 3 aromatic rings. The van der Waals surface area contributed by atoms with Gasteiger partial charge in [0.25, 0.3) is 11.8 Å². The molecule has 2 heterocycles. The lowest BCUT2D eigenvalue weighted by atomic mass is 9.99. The molecular weight excluding hydrogens is 408 g/mol. The Morgan fingerprint density at radius 1 is 1.10 bits per heavy atom. The van der Waals surface area contributed by atoms with E-state index < -0.39 is 0 Å². The summed E-state index contributed by atoms with van der Waals surface area (Å²) in [5.41, 5.74) is 4.24. The molecule has 6 heteroatoms. The standard InChI is InChI=1S/C25H26N2O3S/c1-17(2)18-6-9-22(10-7-18)30-16-24(28)26-21-8-5-19-11-12-27(15-20(19)14-21)25(29)23-4-3-13-31-23/h3-10,13-14,17H,11-12,15-16H2,1-2H3,(H,26,28). The van der Waals surface area contributed by atoms with Gasteiger partial charge in [-0.2, -0.15) is 0 Å². The summed E-state index contributed by atoms with van der Waals surface area (Å²) in [6.45, 7) is 5.48. The summed E-state index contributed by atoms with van der Waals surface area (Å²) in [6, 6.07) is 17.5. The summed E-state index contributed by atoms with van der Waals surface area (Å²) in [4.78, 5) is 27.6. The van der Waals surface area contributed by atoms with E-state index in [2.05, 4.69) is 19.2 Å². The van der Waals surface area contributed by atoms with Crippen LogP contribution < -0.4 is 10.1 Å². The van der Waals surface area contributed by atoms with Crippen LogP contribution >= 0.6 is 11.3 Å². The van der Waals surface area contributed by atoms with Crippen molar-refractivity contribution in [3.63, 3.8) is 0 Å². The van der Waals surface area contributed by atoms with Crippen molar-refractivity contribution in [1.82, 2.24) is 4.90 Å². The van der Waals surface area contributed by atoms with Gasteiger partial charge in [0, 0.05) is 18.8 Å². The first kappa shape index (κ1) is 21.1. The van der Waals surface area contributed by atoms with E-state index in [9.17, 15) is 9.59 Å². The third kappa shape index (κ3) is 5.14. The molecule has 160 valence electrons. The Labute approximate surface area is 186 Å². The molecular formula is C25H26N2O3S. The van der Waals surface area contributed by atoms with Crippen LogP contribution in [0.5, 0.6) is 5.75 Å². The number of nitrogens with one attached hydrogen (secondary N) is 1. The molecule has 0 aliphatic carbocycles. The van der Waals surface area contributed by atoms with E-state index >= 15 is 0 Å². The van der Waals surface area contributed by atoms with Crippen LogP contribution in [0.15, 0.2) is 60.0 Å². The molecule has 2 aromatic carbocycles. The Bertz CT molecular complexity index is 1060. The maximum atomic E-state index is 12.7. The highest BCUT2D eigenvalue weighted by atomic mass is 32.1. The molecule has 1 N–H and O–H groups in total. The van der Waals surface area contributed by atoms with Gasteiger partial charge in [-0.15, -0.1) is 11.3 Å². The molecule has 2 amide bonds. The number of benzene rings is 2. The quantitative estimate of drug-likeness (QED) is 0.588. The fourth-order valence-corrected chi connectivity index (χ4v) is 4.35. The third-order valence-electron chi connectivity index (χ3n) is 5.44. The predicted octanol–water partition coefficient (Wildman–Crippen LogP) is 5.09. The summed E-state index contributed by atoms with van der Waals surface area (Å²) in [7, 11) is 0. The van der Waals surface area contributed by atoms with Crippen LogP contribution in [0, 0.1) is 0 Å². The van der Waals surface area contributed by atoms with Gasteiger partial charge in [-0.3, -0.25) is 9.59 Å². The number of hydrogen-bond acceptors (Lipinski definition) is 4. The van der Waals surface area contributed by atoms with Gasteiger partial charge in [-0.1, -0.05) is 38.1 Å². The topological polar surface area (TPSA) is 58.6 Å². The van der Waals surface area contributed by atoms with Crippen molar-refractivity contribution in [3.8, 4) is 5.75 Å². The van der Waals surface area contributed by atoms with Crippen LogP contribution in [-0.4, -0.2) is 29.9 Å². The van der Waals surface area contributed by atoms with Crippen molar-refractivity contribution in [2.24, 2.45) is 0 Å². The van der Waals surface area contributed by atoms with Crippen molar-refractivity contribution in [3.05, 3.63) is 81.5 Å². The van der Waals surface area contributed by atoms with Gasteiger partial charge in [-0.05, 0) is 64.7 Å². The Morgan fingerprint density at radius 2 is 1.90 bits per heavy atom. The highest BCUT2D eigenvalue weighted by Crippen LogP contribution is 2.25. The van der Waals surface area contributed by atoms with Crippen molar-refractivity contribution in [2.75, 3.05) is 18.5 Å². The number of hydrogen-bond donors (Lipinski definition) is 1. The van der Waals surface area contributed by atoms with Gasteiger partial charge in [-0.25, -0.2) is 0 Å². The molecule has 1 aliphatic heterocycles. The van der Waals surface area contributed by atoms with E-state index in [-0.39, 0.29) is 18.4 Å². The summed E-state index contributed by atoms with van der Waals surface area (Å²) >= 11 is 1.46. The molecule has 0 bridgehead atoms. The molecule has 0 unspecified atom stereocenters. The Morgan fingerprint density at radius 3 is 2.61 bits per heavy atom. The lowest BCUT2D eigenvalue weighted by molar-refractivity contribution is -0.118. The van der Waals surface area contributed by atoms with Gasteiger partial charge in [0.1, 0.15) is 5.75 Å². The minimum absolute atomic E-state index is 0.0545. The van der Waals surface area contributed by atoms with E-state index in [0.29, 0.717) is 30.4 Å². The van der Waals surface area contributed by atoms with Gasteiger partial charge in [0.2, 0.25) is 0 Å². The number of amides is 2. The van der Waals surface area contributed by atoms with Gasteiger partial charge in [0.05, 0.1) is 4.88 Å². The van der Waals surface area contributed by atoms with Crippen LogP contribution in [0.4, 0.5) is 5.69 Å². The van der Waals surface area contributed by atoms with E-state index in [1.54, 1.807) is 0 Å². The molecule has 5 nitrogen and oxygen atoms in total.